The molecule has 0 spiro atoms. The molecule has 0 saturated heterocycles. The van der Waals surface area contributed by atoms with E-state index in [9.17, 15) is 24.3 Å². The van der Waals surface area contributed by atoms with Crippen LogP contribution < -0.4 is 21.7 Å². The molecule has 1 rings (SSSR count). The smallest absolute Gasteiger partial charge is 0.326 e. The lowest BCUT2D eigenvalue weighted by Gasteiger charge is -2.28. The lowest BCUT2D eigenvalue weighted by Crippen LogP contribution is -2.59. The van der Waals surface area contributed by atoms with E-state index < -0.39 is 47.9 Å². The maximum Gasteiger partial charge on any atom is 0.326 e. The summed E-state index contributed by atoms with van der Waals surface area (Å²) in [4.78, 5) is 50.6. The molecular weight excluding hydrogens is 448 g/mol. The number of nitrogens with one attached hydrogen (secondary N) is 3. The summed E-state index contributed by atoms with van der Waals surface area (Å²) < 4.78 is 0. The lowest BCUT2D eigenvalue weighted by atomic mass is 9.97. The number of carbonyl (C=O) groups is 4. The Labute approximate surface area is 208 Å². The highest BCUT2D eigenvalue weighted by molar-refractivity contribution is 5.94. The number of amides is 3. The summed E-state index contributed by atoms with van der Waals surface area (Å²) in [5.74, 6) is -3.02. The predicted octanol–water partition coefficient (Wildman–Crippen LogP) is 1.84. The summed E-state index contributed by atoms with van der Waals surface area (Å²) in [5.41, 5.74) is 6.90. The standard InChI is InChI=1S/C26H42N4O5/c1-7-17(6)21(27)24(32)28-19(14-18-11-9-8-10-12-18)23(31)30-22(16(4)5)25(33)29-20(26(34)35)13-15(2)3/h8-12,15-17,19-22H,7,13-14,27H2,1-6H3,(H,28,32)(H,29,33)(H,30,31)(H,34,35). The zero-order chi connectivity index (χ0) is 26.7. The van der Waals surface area contributed by atoms with Gasteiger partial charge in [0.25, 0.3) is 0 Å². The van der Waals surface area contributed by atoms with Crippen LogP contribution in [-0.4, -0.2) is 53.0 Å². The molecule has 0 aliphatic heterocycles. The SMILES string of the molecule is CCC(C)C(N)C(=O)NC(Cc1ccccc1)C(=O)NC(C(=O)NC(CC(C)C)C(=O)O)C(C)C. The molecule has 0 aliphatic carbocycles. The van der Waals surface area contributed by atoms with Gasteiger partial charge in [0.05, 0.1) is 6.04 Å². The molecule has 196 valence electrons. The van der Waals surface area contributed by atoms with Gasteiger partial charge >= 0.3 is 5.97 Å². The van der Waals surface area contributed by atoms with Crippen molar-refractivity contribution in [1.29, 1.82) is 0 Å². The number of carboxylic acid groups (broad SMARTS) is 1. The van der Waals surface area contributed by atoms with Crippen molar-refractivity contribution in [2.24, 2.45) is 23.5 Å². The third-order valence-electron chi connectivity index (χ3n) is 6.04. The highest BCUT2D eigenvalue weighted by atomic mass is 16.4. The number of carboxylic acids is 1. The Hall–Kier alpha value is -2.94. The second-order valence-corrected chi connectivity index (χ2v) is 9.92. The molecule has 5 atom stereocenters. The van der Waals surface area contributed by atoms with Crippen molar-refractivity contribution >= 4 is 23.7 Å². The molecule has 6 N–H and O–H groups in total. The molecule has 0 heterocycles. The fraction of sp³-hybridized carbons (Fsp3) is 0.615. The zero-order valence-electron chi connectivity index (χ0n) is 21.7. The largest absolute Gasteiger partial charge is 0.480 e. The van der Waals surface area contributed by atoms with Crippen molar-refractivity contribution in [3.8, 4) is 0 Å². The van der Waals surface area contributed by atoms with Gasteiger partial charge in [-0.05, 0) is 29.7 Å². The van der Waals surface area contributed by atoms with Crippen LogP contribution in [0.4, 0.5) is 0 Å². The van der Waals surface area contributed by atoms with E-state index in [4.69, 9.17) is 5.73 Å². The molecule has 1 aromatic rings. The monoisotopic (exact) mass is 490 g/mol. The van der Waals surface area contributed by atoms with E-state index >= 15 is 0 Å². The molecule has 35 heavy (non-hydrogen) atoms. The molecule has 1 aromatic carbocycles. The average molecular weight is 491 g/mol. The van der Waals surface area contributed by atoms with Crippen LogP contribution in [0.3, 0.4) is 0 Å². The summed E-state index contributed by atoms with van der Waals surface area (Å²) in [6.07, 6.45) is 1.18. The first-order valence-corrected chi connectivity index (χ1v) is 12.3. The fourth-order valence-corrected chi connectivity index (χ4v) is 3.58. The molecule has 9 nitrogen and oxygen atoms in total. The van der Waals surface area contributed by atoms with Crippen molar-refractivity contribution in [3.05, 3.63) is 35.9 Å². The first kappa shape index (κ1) is 30.1. The minimum Gasteiger partial charge on any atom is -0.480 e. The second-order valence-electron chi connectivity index (χ2n) is 9.92. The molecular formula is C26H42N4O5. The summed E-state index contributed by atoms with van der Waals surface area (Å²) in [5, 5.41) is 17.5. The number of rotatable bonds is 14. The number of carbonyl (C=O) groups excluding carboxylic acids is 3. The molecule has 0 aromatic heterocycles. The van der Waals surface area contributed by atoms with Crippen LogP contribution in [0.1, 0.15) is 59.9 Å². The molecule has 0 saturated carbocycles. The van der Waals surface area contributed by atoms with Gasteiger partial charge < -0.3 is 26.8 Å². The average Bonchev–Trinajstić information content (AvgIpc) is 2.80. The topological polar surface area (TPSA) is 151 Å². The Morgan fingerprint density at radius 3 is 1.91 bits per heavy atom. The van der Waals surface area contributed by atoms with E-state index in [0.29, 0.717) is 6.42 Å². The van der Waals surface area contributed by atoms with Crippen LogP contribution >= 0.6 is 0 Å². The van der Waals surface area contributed by atoms with Gasteiger partial charge in [0.1, 0.15) is 18.1 Å². The molecule has 5 unspecified atom stereocenters. The highest BCUT2D eigenvalue weighted by Crippen LogP contribution is 2.11. The second kappa shape index (κ2) is 14.5. The summed E-state index contributed by atoms with van der Waals surface area (Å²) in [7, 11) is 0. The van der Waals surface area contributed by atoms with Gasteiger partial charge in [0, 0.05) is 6.42 Å². The fourth-order valence-electron chi connectivity index (χ4n) is 3.58. The Morgan fingerprint density at radius 1 is 0.857 bits per heavy atom. The number of benzene rings is 1. The highest BCUT2D eigenvalue weighted by Gasteiger charge is 2.32. The van der Waals surface area contributed by atoms with Crippen LogP contribution in [0.25, 0.3) is 0 Å². The van der Waals surface area contributed by atoms with Gasteiger partial charge in [-0.3, -0.25) is 14.4 Å². The molecule has 0 aliphatic rings. The molecule has 0 fully saturated rings. The molecule has 3 amide bonds. The van der Waals surface area contributed by atoms with E-state index in [0.717, 1.165) is 5.56 Å². The molecule has 0 radical (unpaired) electrons. The maximum atomic E-state index is 13.3. The van der Waals surface area contributed by atoms with Crippen LogP contribution in [0.15, 0.2) is 30.3 Å². The Morgan fingerprint density at radius 2 is 1.43 bits per heavy atom. The number of aliphatic carboxylic acids is 1. The Bertz CT molecular complexity index is 843. The van der Waals surface area contributed by atoms with Crippen molar-refractivity contribution in [2.75, 3.05) is 0 Å². The summed E-state index contributed by atoms with van der Waals surface area (Å²) >= 11 is 0. The number of hydrogen-bond donors (Lipinski definition) is 5. The van der Waals surface area contributed by atoms with Crippen molar-refractivity contribution in [2.45, 2.75) is 85.0 Å². The van der Waals surface area contributed by atoms with Crippen LogP contribution in [0.5, 0.6) is 0 Å². The van der Waals surface area contributed by atoms with Crippen LogP contribution in [0, 0.1) is 17.8 Å². The van der Waals surface area contributed by atoms with E-state index in [1.165, 1.54) is 0 Å². The maximum absolute atomic E-state index is 13.3. The zero-order valence-corrected chi connectivity index (χ0v) is 21.7. The molecule has 9 heteroatoms. The van der Waals surface area contributed by atoms with Gasteiger partial charge in [0.2, 0.25) is 17.7 Å². The molecule has 0 bridgehead atoms. The van der Waals surface area contributed by atoms with E-state index in [2.05, 4.69) is 16.0 Å². The van der Waals surface area contributed by atoms with Gasteiger partial charge in [0.15, 0.2) is 0 Å². The Balaban J connectivity index is 3.08. The van der Waals surface area contributed by atoms with Crippen molar-refractivity contribution < 1.29 is 24.3 Å². The van der Waals surface area contributed by atoms with Crippen molar-refractivity contribution in [1.82, 2.24) is 16.0 Å². The quantitative estimate of drug-likeness (QED) is 0.268. The lowest BCUT2D eigenvalue weighted by molar-refractivity contribution is -0.143. The van der Waals surface area contributed by atoms with E-state index in [-0.39, 0.29) is 30.6 Å². The van der Waals surface area contributed by atoms with Crippen LogP contribution in [0.2, 0.25) is 0 Å². The van der Waals surface area contributed by atoms with E-state index in [1.807, 2.05) is 58.0 Å². The number of hydrogen-bond acceptors (Lipinski definition) is 5. The van der Waals surface area contributed by atoms with Gasteiger partial charge in [-0.1, -0.05) is 78.3 Å². The van der Waals surface area contributed by atoms with Crippen molar-refractivity contribution in [3.63, 3.8) is 0 Å². The first-order valence-electron chi connectivity index (χ1n) is 12.3. The van der Waals surface area contributed by atoms with Gasteiger partial charge in [-0.2, -0.15) is 0 Å². The van der Waals surface area contributed by atoms with Gasteiger partial charge in [-0.15, -0.1) is 0 Å². The van der Waals surface area contributed by atoms with Crippen LogP contribution in [-0.2, 0) is 25.6 Å². The third kappa shape index (κ3) is 10.1. The van der Waals surface area contributed by atoms with E-state index in [1.54, 1.807) is 13.8 Å². The minimum absolute atomic E-state index is 0.0590. The summed E-state index contributed by atoms with van der Waals surface area (Å²) in [6.45, 7) is 11.0. The minimum atomic E-state index is -1.13. The Kier molecular flexibility index (Phi) is 12.4. The first-order chi connectivity index (χ1) is 16.4. The normalized spacial score (nSPS) is 15.6. The van der Waals surface area contributed by atoms with Gasteiger partial charge in [-0.25, -0.2) is 4.79 Å². The number of nitrogens with two attached hydrogens (primary N) is 1. The third-order valence-corrected chi connectivity index (χ3v) is 6.04. The predicted molar refractivity (Wildman–Crippen MR) is 135 cm³/mol. The summed E-state index contributed by atoms with van der Waals surface area (Å²) in [6, 6.07) is 5.44.